The van der Waals surface area contributed by atoms with Gasteiger partial charge in [0.05, 0.1) is 7.14 Å². The zero-order valence-corrected chi connectivity index (χ0v) is 6.65. The first-order valence-electron chi connectivity index (χ1n) is 2.74. The van der Waals surface area contributed by atoms with Crippen molar-refractivity contribution in [3.05, 3.63) is 0 Å². The smallest absolute Gasteiger partial charge is 0.217 e. The van der Waals surface area contributed by atoms with Gasteiger partial charge in [-0.05, 0) is 13.3 Å². The summed E-state index contributed by atoms with van der Waals surface area (Å²) in [6.45, 7) is 3.30. The van der Waals surface area contributed by atoms with Crippen LogP contribution in [0.2, 0.25) is 0 Å². The third kappa shape index (κ3) is 7.70. The van der Waals surface area contributed by atoms with E-state index in [2.05, 4.69) is 0 Å². The molecule has 9 heavy (non-hydrogen) atoms. The number of primary amides is 1. The maximum atomic E-state index is 10.9. The van der Waals surface area contributed by atoms with Gasteiger partial charge in [-0.2, -0.15) is 0 Å². The molecule has 0 aromatic carbocycles. The highest BCUT2D eigenvalue weighted by atomic mass is 31.2. The van der Waals surface area contributed by atoms with Crippen molar-refractivity contribution in [1.82, 2.24) is 0 Å². The van der Waals surface area contributed by atoms with Crippen molar-refractivity contribution in [2.45, 2.75) is 6.42 Å². The van der Waals surface area contributed by atoms with Crippen LogP contribution in [0.15, 0.2) is 0 Å². The molecule has 4 heteroatoms. The number of carbonyl (C=O) groups is 1. The van der Waals surface area contributed by atoms with Crippen LogP contribution >= 0.6 is 7.14 Å². The largest absolute Gasteiger partial charge is 0.370 e. The fourth-order valence-electron chi connectivity index (χ4n) is 0.379. The highest BCUT2D eigenvalue weighted by Crippen LogP contribution is 2.35. The lowest BCUT2D eigenvalue weighted by Crippen LogP contribution is -2.11. The van der Waals surface area contributed by atoms with Gasteiger partial charge in [-0.15, -0.1) is 0 Å². The van der Waals surface area contributed by atoms with Crippen molar-refractivity contribution in [2.75, 3.05) is 19.5 Å². The zero-order valence-electron chi connectivity index (χ0n) is 5.76. The summed E-state index contributed by atoms with van der Waals surface area (Å²) < 4.78 is 10.9. The fraction of sp³-hybridized carbons (Fsp3) is 0.800. The molecule has 0 atom stereocenters. The van der Waals surface area contributed by atoms with E-state index >= 15 is 0 Å². The zero-order chi connectivity index (χ0) is 7.49. The number of hydrogen-bond donors (Lipinski definition) is 1. The lowest BCUT2D eigenvalue weighted by atomic mass is 10.5. The molecule has 0 fully saturated rings. The van der Waals surface area contributed by atoms with Crippen molar-refractivity contribution in [3.8, 4) is 0 Å². The predicted octanol–water partition coefficient (Wildman–Crippen LogP) is 0.484. The average molecular weight is 149 g/mol. The fourth-order valence-corrected chi connectivity index (χ4v) is 1.14. The van der Waals surface area contributed by atoms with Gasteiger partial charge >= 0.3 is 0 Å². The highest BCUT2D eigenvalue weighted by molar-refractivity contribution is 7.62. The van der Waals surface area contributed by atoms with E-state index in [1.54, 1.807) is 13.3 Å². The number of carbonyl (C=O) groups excluding carboxylic acids is 1. The molecule has 0 unspecified atom stereocenters. The van der Waals surface area contributed by atoms with Crippen LogP contribution in [-0.2, 0) is 9.36 Å². The summed E-state index contributed by atoms with van der Waals surface area (Å²) in [6.07, 6.45) is 0.673. The minimum Gasteiger partial charge on any atom is -0.370 e. The normalized spacial score (nSPS) is 11.3. The van der Waals surface area contributed by atoms with Gasteiger partial charge in [0.1, 0.15) is 0 Å². The van der Waals surface area contributed by atoms with E-state index in [1.807, 2.05) is 0 Å². The van der Waals surface area contributed by atoms with Gasteiger partial charge in [0.15, 0.2) is 0 Å². The third-order valence-corrected chi connectivity index (χ3v) is 2.20. The van der Waals surface area contributed by atoms with Crippen LogP contribution in [0.3, 0.4) is 0 Å². The van der Waals surface area contributed by atoms with Gasteiger partial charge in [-0.3, -0.25) is 4.79 Å². The summed E-state index contributed by atoms with van der Waals surface area (Å²) >= 11 is 0. The summed E-state index contributed by atoms with van der Waals surface area (Å²) in [7, 11) is -2.02. The molecule has 0 saturated heterocycles. The van der Waals surface area contributed by atoms with E-state index in [1.165, 1.54) is 0 Å². The monoisotopic (exact) mass is 149 g/mol. The van der Waals surface area contributed by atoms with Crippen LogP contribution < -0.4 is 5.73 Å². The minimum absolute atomic E-state index is 0.240. The Morgan fingerprint density at radius 2 is 2.00 bits per heavy atom. The van der Waals surface area contributed by atoms with E-state index < -0.39 is 7.14 Å². The second-order valence-corrected chi connectivity index (χ2v) is 6.11. The summed E-state index contributed by atoms with van der Waals surface area (Å²) in [5.74, 6) is -0.376. The first kappa shape index (κ1) is 8.70. The molecular formula is C5H12NO2P. The number of rotatable bonds is 3. The van der Waals surface area contributed by atoms with Crippen LogP contribution in [0, 0.1) is 0 Å². The quantitative estimate of drug-likeness (QED) is 0.593. The molecule has 1 amide bonds. The summed E-state index contributed by atoms with van der Waals surface area (Å²) in [5, 5.41) is 0. The van der Waals surface area contributed by atoms with Gasteiger partial charge in [-0.1, -0.05) is 0 Å². The van der Waals surface area contributed by atoms with Gasteiger partial charge in [0.2, 0.25) is 5.91 Å². The second kappa shape index (κ2) is 3.02. The Morgan fingerprint density at radius 1 is 1.56 bits per heavy atom. The van der Waals surface area contributed by atoms with Crippen LogP contribution in [0.5, 0.6) is 0 Å². The Kier molecular flexibility index (Phi) is 2.92. The molecule has 54 valence electrons. The highest BCUT2D eigenvalue weighted by Gasteiger charge is 2.07. The van der Waals surface area contributed by atoms with Crippen molar-refractivity contribution < 1.29 is 9.36 Å². The lowest BCUT2D eigenvalue weighted by molar-refractivity contribution is -0.117. The molecule has 0 spiro atoms. The predicted molar refractivity (Wildman–Crippen MR) is 38.1 cm³/mol. The average Bonchev–Trinajstić information content (AvgIpc) is 1.59. The summed E-state index contributed by atoms with van der Waals surface area (Å²) in [5.41, 5.74) is 4.84. The molecule has 0 aliphatic heterocycles. The van der Waals surface area contributed by atoms with E-state index in [4.69, 9.17) is 5.73 Å². The molecule has 0 saturated carbocycles. The van der Waals surface area contributed by atoms with E-state index in [0.29, 0.717) is 6.16 Å². The Bertz CT molecular complexity index is 149. The molecule has 0 rings (SSSR count). The van der Waals surface area contributed by atoms with E-state index in [9.17, 15) is 9.36 Å². The minimum atomic E-state index is -2.02. The standard InChI is InChI=1S/C5H12NO2P/c1-9(2,8)4-3-5(6)7/h3-4H2,1-2H3,(H2,6,7). The van der Waals surface area contributed by atoms with Gasteiger partial charge < -0.3 is 10.3 Å². The molecule has 3 nitrogen and oxygen atoms in total. The van der Waals surface area contributed by atoms with E-state index in [-0.39, 0.29) is 12.3 Å². The SMILES string of the molecule is CP(C)(=O)CCC(N)=O. The Balaban J connectivity index is 3.53. The van der Waals surface area contributed by atoms with Crippen LogP contribution in [0.25, 0.3) is 0 Å². The molecule has 0 aromatic heterocycles. The molecule has 0 heterocycles. The van der Waals surface area contributed by atoms with Crippen LogP contribution in [0.1, 0.15) is 6.42 Å². The maximum Gasteiger partial charge on any atom is 0.217 e. The Labute approximate surface area is 55.0 Å². The van der Waals surface area contributed by atoms with Crippen LogP contribution in [0.4, 0.5) is 0 Å². The van der Waals surface area contributed by atoms with Crippen molar-refractivity contribution in [3.63, 3.8) is 0 Å². The molecule has 0 aliphatic carbocycles. The molecule has 0 bridgehead atoms. The summed E-state index contributed by atoms with van der Waals surface area (Å²) in [4.78, 5) is 10.1. The van der Waals surface area contributed by atoms with Gasteiger partial charge in [0, 0.05) is 12.6 Å². The number of nitrogens with two attached hydrogens (primary N) is 1. The van der Waals surface area contributed by atoms with Crippen molar-refractivity contribution >= 4 is 13.0 Å². The maximum absolute atomic E-state index is 10.9. The number of amides is 1. The summed E-state index contributed by atoms with van der Waals surface area (Å²) in [6, 6.07) is 0. The van der Waals surface area contributed by atoms with Gasteiger partial charge in [-0.25, -0.2) is 0 Å². The molecule has 0 radical (unpaired) electrons. The Hall–Kier alpha value is -0.300. The molecule has 0 aromatic rings. The van der Waals surface area contributed by atoms with Crippen molar-refractivity contribution in [2.24, 2.45) is 5.73 Å². The topological polar surface area (TPSA) is 60.2 Å². The first-order chi connectivity index (χ1) is 3.92. The van der Waals surface area contributed by atoms with Crippen LogP contribution in [-0.4, -0.2) is 25.4 Å². The van der Waals surface area contributed by atoms with Crippen molar-refractivity contribution in [1.29, 1.82) is 0 Å². The Morgan fingerprint density at radius 3 is 2.11 bits per heavy atom. The van der Waals surface area contributed by atoms with Gasteiger partial charge in [0.25, 0.3) is 0 Å². The first-order valence-corrected chi connectivity index (χ1v) is 5.53. The molecular weight excluding hydrogens is 137 g/mol. The lowest BCUT2D eigenvalue weighted by Gasteiger charge is -2.01. The number of hydrogen-bond acceptors (Lipinski definition) is 2. The molecule has 0 aliphatic rings. The second-order valence-electron chi connectivity index (χ2n) is 2.51. The third-order valence-electron chi connectivity index (χ3n) is 0.897. The molecule has 2 N–H and O–H groups in total. The van der Waals surface area contributed by atoms with E-state index in [0.717, 1.165) is 0 Å².